The van der Waals surface area contributed by atoms with Crippen molar-refractivity contribution in [3.63, 3.8) is 0 Å². The predicted octanol–water partition coefficient (Wildman–Crippen LogP) is 2.45. The molecule has 0 spiro atoms. The van der Waals surface area contributed by atoms with Crippen LogP contribution in [0.25, 0.3) is 0 Å². The number of hydrogen-bond donors (Lipinski definition) is 1. The predicted molar refractivity (Wildman–Crippen MR) is 68.5 cm³/mol. The van der Waals surface area contributed by atoms with E-state index in [1.54, 1.807) is 0 Å². The number of nitrogens with zero attached hydrogens (tertiary/aromatic N) is 2. The van der Waals surface area contributed by atoms with Crippen LogP contribution in [0.1, 0.15) is 25.8 Å². The molecule has 1 aliphatic heterocycles. The van der Waals surface area contributed by atoms with Gasteiger partial charge < -0.3 is 10.6 Å². The first kappa shape index (κ1) is 11.2. The Morgan fingerprint density at radius 1 is 1.31 bits per heavy atom. The van der Waals surface area contributed by atoms with E-state index in [1.807, 2.05) is 19.2 Å². The maximum atomic E-state index is 6.10. The number of nitrogens with two attached hydrogens (primary N) is 1. The summed E-state index contributed by atoms with van der Waals surface area (Å²) in [5.41, 5.74) is 8.06. The van der Waals surface area contributed by atoms with Gasteiger partial charge in [0, 0.05) is 19.3 Å². The molecule has 2 N–H and O–H groups in total. The number of nitrogen functional groups attached to an aromatic ring is 1. The van der Waals surface area contributed by atoms with Gasteiger partial charge in [0.25, 0.3) is 0 Å². The summed E-state index contributed by atoms with van der Waals surface area (Å²) in [6.45, 7) is 8.79. The summed E-state index contributed by atoms with van der Waals surface area (Å²) in [4.78, 5) is 6.77. The minimum Gasteiger partial charge on any atom is -0.396 e. The molecule has 2 rings (SSSR count). The van der Waals surface area contributed by atoms with Gasteiger partial charge in [-0.1, -0.05) is 13.8 Å². The molecule has 1 aromatic heterocycles. The standard InChI is InChI=1S/C13H21N3/c1-9-6-10(2)8-16(7-9)13-12(14)11(3)4-5-15-13/h4-5,9-10H,6-8,14H2,1-3H3. The van der Waals surface area contributed by atoms with Crippen molar-refractivity contribution in [1.29, 1.82) is 0 Å². The van der Waals surface area contributed by atoms with Gasteiger partial charge in [0.2, 0.25) is 0 Å². The molecule has 1 aliphatic rings. The van der Waals surface area contributed by atoms with Crippen LogP contribution in [0.2, 0.25) is 0 Å². The molecule has 2 unspecified atom stereocenters. The third kappa shape index (κ3) is 2.13. The summed E-state index contributed by atoms with van der Waals surface area (Å²) in [5, 5.41) is 0. The van der Waals surface area contributed by atoms with E-state index >= 15 is 0 Å². The van der Waals surface area contributed by atoms with Crippen molar-refractivity contribution in [3.05, 3.63) is 17.8 Å². The Labute approximate surface area is 97.7 Å². The SMILES string of the molecule is Cc1ccnc(N2CC(C)CC(C)C2)c1N. The van der Waals surface area contributed by atoms with Crippen LogP contribution >= 0.6 is 0 Å². The van der Waals surface area contributed by atoms with Gasteiger partial charge in [-0.2, -0.15) is 0 Å². The van der Waals surface area contributed by atoms with Gasteiger partial charge in [0.1, 0.15) is 0 Å². The van der Waals surface area contributed by atoms with Gasteiger partial charge in [-0.3, -0.25) is 0 Å². The van der Waals surface area contributed by atoms with Crippen molar-refractivity contribution < 1.29 is 0 Å². The highest BCUT2D eigenvalue weighted by Crippen LogP contribution is 2.29. The highest BCUT2D eigenvalue weighted by atomic mass is 15.2. The Morgan fingerprint density at radius 2 is 1.94 bits per heavy atom. The third-order valence-electron chi connectivity index (χ3n) is 3.36. The van der Waals surface area contributed by atoms with E-state index in [0.717, 1.165) is 42.0 Å². The molecule has 2 heterocycles. The van der Waals surface area contributed by atoms with E-state index in [4.69, 9.17) is 5.73 Å². The number of rotatable bonds is 1. The summed E-state index contributed by atoms with van der Waals surface area (Å²) >= 11 is 0. The summed E-state index contributed by atoms with van der Waals surface area (Å²) in [7, 11) is 0. The lowest BCUT2D eigenvalue weighted by atomic mass is 9.92. The first-order chi connectivity index (χ1) is 7.58. The number of piperidine rings is 1. The fourth-order valence-electron chi connectivity index (χ4n) is 2.64. The smallest absolute Gasteiger partial charge is 0.152 e. The van der Waals surface area contributed by atoms with Crippen molar-refractivity contribution in [2.24, 2.45) is 11.8 Å². The normalized spacial score (nSPS) is 25.8. The quantitative estimate of drug-likeness (QED) is 0.789. The first-order valence-electron chi connectivity index (χ1n) is 6.04. The van der Waals surface area contributed by atoms with Gasteiger partial charge in [-0.05, 0) is 36.8 Å². The van der Waals surface area contributed by atoms with Crippen LogP contribution in [0.4, 0.5) is 11.5 Å². The van der Waals surface area contributed by atoms with Crippen LogP contribution in [0.3, 0.4) is 0 Å². The Morgan fingerprint density at radius 3 is 2.56 bits per heavy atom. The zero-order valence-corrected chi connectivity index (χ0v) is 10.4. The van der Waals surface area contributed by atoms with Crippen molar-refractivity contribution in [2.45, 2.75) is 27.2 Å². The summed E-state index contributed by atoms with van der Waals surface area (Å²) in [6, 6.07) is 1.97. The van der Waals surface area contributed by atoms with E-state index in [1.165, 1.54) is 6.42 Å². The van der Waals surface area contributed by atoms with Crippen molar-refractivity contribution in [3.8, 4) is 0 Å². The zero-order valence-electron chi connectivity index (χ0n) is 10.4. The van der Waals surface area contributed by atoms with Crippen LogP contribution in [0, 0.1) is 18.8 Å². The summed E-state index contributed by atoms with van der Waals surface area (Å²) in [6.07, 6.45) is 3.16. The maximum Gasteiger partial charge on any atom is 0.152 e. The second-order valence-electron chi connectivity index (χ2n) is 5.22. The highest BCUT2D eigenvalue weighted by Gasteiger charge is 2.24. The fourth-order valence-corrected chi connectivity index (χ4v) is 2.64. The molecule has 3 nitrogen and oxygen atoms in total. The number of aromatic nitrogens is 1. The van der Waals surface area contributed by atoms with E-state index in [9.17, 15) is 0 Å². The van der Waals surface area contributed by atoms with E-state index in [2.05, 4.69) is 23.7 Å². The molecule has 0 saturated carbocycles. The van der Waals surface area contributed by atoms with Crippen LogP contribution < -0.4 is 10.6 Å². The third-order valence-corrected chi connectivity index (χ3v) is 3.36. The topological polar surface area (TPSA) is 42.2 Å². The lowest BCUT2D eigenvalue weighted by Gasteiger charge is -2.36. The fraction of sp³-hybridized carbons (Fsp3) is 0.615. The van der Waals surface area contributed by atoms with Crippen molar-refractivity contribution >= 4 is 11.5 Å². The van der Waals surface area contributed by atoms with E-state index in [0.29, 0.717) is 0 Å². The Kier molecular flexibility index (Phi) is 3.03. The molecule has 1 fully saturated rings. The number of aryl methyl sites for hydroxylation is 1. The molecule has 88 valence electrons. The Balaban J connectivity index is 2.26. The molecule has 0 aliphatic carbocycles. The van der Waals surface area contributed by atoms with Gasteiger partial charge in [-0.15, -0.1) is 0 Å². The van der Waals surface area contributed by atoms with Gasteiger partial charge in [-0.25, -0.2) is 4.98 Å². The number of anilines is 2. The molecular formula is C13H21N3. The van der Waals surface area contributed by atoms with Crippen molar-refractivity contribution in [2.75, 3.05) is 23.7 Å². The molecule has 0 aromatic carbocycles. The van der Waals surface area contributed by atoms with E-state index in [-0.39, 0.29) is 0 Å². The van der Waals surface area contributed by atoms with Crippen LogP contribution in [-0.4, -0.2) is 18.1 Å². The lowest BCUT2D eigenvalue weighted by molar-refractivity contribution is 0.355. The second-order valence-corrected chi connectivity index (χ2v) is 5.22. The van der Waals surface area contributed by atoms with Gasteiger partial charge >= 0.3 is 0 Å². The van der Waals surface area contributed by atoms with Gasteiger partial charge in [0.05, 0.1) is 5.69 Å². The van der Waals surface area contributed by atoms with Crippen LogP contribution in [0.15, 0.2) is 12.3 Å². The average Bonchev–Trinajstić information content (AvgIpc) is 2.20. The summed E-state index contributed by atoms with van der Waals surface area (Å²) in [5.74, 6) is 2.43. The number of hydrogen-bond acceptors (Lipinski definition) is 3. The zero-order chi connectivity index (χ0) is 11.7. The molecule has 16 heavy (non-hydrogen) atoms. The minimum atomic E-state index is 0.727. The Hall–Kier alpha value is -1.25. The highest BCUT2D eigenvalue weighted by molar-refractivity contribution is 5.66. The molecule has 0 bridgehead atoms. The van der Waals surface area contributed by atoms with Crippen molar-refractivity contribution in [1.82, 2.24) is 4.98 Å². The monoisotopic (exact) mass is 219 g/mol. The maximum absolute atomic E-state index is 6.10. The van der Waals surface area contributed by atoms with Crippen LogP contribution in [-0.2, 0) is 0 Å². The first-order valence-corrected chi connectivity index (χ1v) is 6.04. The van der Waals surface area contributed by atoms with E-state index < -0.39 is 0 Å². The average molecular weight is 219 g/mol. The number of pyridine rings is 1. The van der Waals surface area contributed by atoms with Gasteiger partial charge in [0.15, 0.2) is 5.82 Å². The Bertz CT molecular complexity index is 365. The summed E-state index contributed by atoms with van der Waals surface area (Å²) < 4.78 is 0. The molecular weight excluding hydrogens is 198 g/mol. The largest absolute Gasteiger partial charge is 0.396 e. The molecule has 0 amide bonds. The molecule has 3 heteroatoms. The molecule has 1 saturated heterocycles. The van der Waals surface area contributed by atoms with Crippen LogP contribution in [0.5, 0.6) is 0 Å². The second kappa shape index (κ2) is 4.32. The molecule has 2 atom stereocenters. The molecule has 0 radical (unpaired) electrons. The molecule has 1 aromatic rings. The lowest BCUT2D eigenvalue weighted by Crippen LogP contribution is -2.39. The minimum absolute atomic E-state index is 0.727.